The molecule has 1 aliphatic rings. The maximum Gasteiger partial charge on any atom is 0.322 e. The number of hydrogen-bond acceptors (Lipinski definition) is 3. The van der Waals surface area contributed by atoms with Crippen LogP contribution in [0.1, 0.15) is 16.7 Å². The van der Waals surface area contributed by atoms with Gasteiger partial charge in [-0.3, -0.25) is 4.79 Å². The largest absolute Gasteiger partial charge is 0.480 e. The number of fused-ring (bicyclic) bond motifs is 1. The highest BCUT2D eigenvalue weighted by molar-refractivity contribution is 7.89. The minimum atomic E-state index is -4.03. The van der Waals surface area contributed by atoms with Crippen molar-refractivity contribution in [1.82, 2.24) is 9.71 Å². The van der Waals surface area contributed by atoms with Crippen LogP contribution < -0.4 is 4.72 Å². The van der Waals surface area contributed by atoms with E-state index in [0.29, 0.717) is 5.39 Å². The molecule has 1 atom stereocenters. The highest BCUT2D eigenvalue weighted by Crippen LogP contribution is 2.34. The third kappa shape index (κ3) is 3.07. The molecule has 0 saturated heterocycles. The molecule has 1 aliphatic carbocycles. The second kappa shape index (κ2) is 6.97. The third-order valence-corrected chi connectivity index (χ3v) is 7.35. The summed E-state index contributed by atoms with van der Waals surface area (Å²) < 4.78 is 28.9. The van der Waals surface area contributed by atoms with Gasteiger partial charge < -0.3 is 10.1 Å². The lowest BCUT2D eigenvalue weighted by molar-refractivity contribution is -0.138. The summed E-state index contributed by atoms with van der Waals surface area (Å²) in [7, 11) is -4.03. The van der Waals surface area contributed by atoms with E-state index < -0.39 is 22.0 Å². The van der Waals surface area contributed by atoms with Crippen LogP contribution in [0.25, 0.3) is 21.7 Å². The molecule has 152 valence electrons. The number of rotatable bonds is 6. The first kappa shape index (κ1) is 18.8. The summed E-state index contributed by atoms with van der Waals surface area (Å²) in [4.78, 5) is 15.1. The van der Waals surface area contributed by atoms with Crippen LogP contribution in [-0.2, 0) is 34.1 Å². The van der Waals surface area contributed by atoms with Crippen LogP contribution in [0.15, 0.2) is 65.7 Å². The number of H-pyrrole nitrogens is 1. The summed E-state index contributed by atoms with van der Waals surface area (Å²) in [5.74, 6) is -1.21. The highest BCUT2D eigenvalue weighted by atomic mass is 32.2. The van der Waals surface area contributed by atoms with Gasteiger partial charge in [0.15, 0.2) is 0 Å². The van der Waals surface area contributed by atoms with E-state index in [9.17, 15) is 18.3 Å². The van der Waals surface area contributed by atoms with Gasteiger partial charge in [-0.1, -0.05) is 42.5 Å². The first-order valence-electron chi connectivity index (χ1n) is 9.77. The van der Waals surface area contributed by atoms with Crippen LogP contribution in [0, 0.1) is 0 Å². The number of carboxylic acids is 1. The van der Waals surface area contributed by atoms with E-state index >= 15 is 0 Å². The lowest BCUT2D eigenvalue weighted by Crippen LogP contribution is -2.42. The minimum absolute atomic E-state index is 0.0415. The maximum atomic E-state index is 13.2. The van der Waals surface area contributed by atoms with E-state index in [-0.39, 0.29) is 11.3 Å². The zero-order chi connectivity index (χ0) is 20.9. The Morgan fingerprint density at radius 3 is 2.53 bits per heavy atom. The van der Waals surface area contributed by atoms with Crippen LogP contribution in [0.4, 0.5) is 0 Å². The Kier molecular flexibility index (Phi) is 4.38. The molecule has 0 aliphatic heterocycles. The molecule has 30 heavy (non-hydrogen) atoms. The molecule has 0 spiro atoms. The number of aromatic amines is 1. The maximum absolute atomic E-state index is 13.2. The number of para-hydroxylation sites is 1. The van der Waals surface area contributed by atoms with Crippen molar-refractivity contribution in [3.63, 3.8) is 0 Å². The second-order valence-electron chi connectivity index (χ2n) is 7.64. The molecule has 1 aromatic heterocycles. The molecule has 7 heteroatoms. The van der Waals surface area contributed by atoms with Gasteiger partial charge in [-0.05, 0) is 47.1 Å². The van der Waals surface area contributed by atoms with Gasteiger partial charge in [-0.2, -0.15) is 4.72 Å². The number of aryl methyl sites for hydroxylation is 2. The summed E-state index contributed by atoms with van der Waals surface area (Å²) >= 11 is 0. The minimum Gasteiger partial charge on any atom is -0.480 e. The SMILES string of the molecule is O=C(O)[C@@H](Cc1c[nH]c2ccccc12)NS(=O)(=O)c1ccc2c3c(cccc13)CC2. The van der Waals surface area contributed by atoms with E-state index in [2.05, 4.69) is 9.71 Å². The number of aromatic nitrogens is 1. The van der Waals surface area contributed by atoms with Gasteiger partial charge >= 0.3 is 5.97 Å². The average Bonchev–Trinajstić information content (AvgIpc) is 3.33. The Balaban J connectivity index is 1.51. The molecule has 1 heterocycles. The molecule has 0 saturated carbocycles. The lowest BCUT2D eigenvalue weighted by Gasteiger charge is -2.16. The smallest absolute Gasteiger partial charge is 0.322 e. The van der Waals surface area contributed by atoms with Crippen LogP contribution >= 0.6 is 0 Å². The molecule has 0 bridgehead atoms. The van der Waals surface area contributed by atoms with Crippen LogP contribution in [-0.4, -0.2) is 30.5 Å². The van der Waals surface area contributed by atoms with Crippen molar-refractivity contribution in [2.45, 2.75) is 30.2 Å². The van der Waals surface area contributed by atoms with Gasteiger partial charge in [0.25, 0.3) is 0 Å². The van der Waals surface area contributed by atoms with Crippen molar-refractivity contribution >= 4 is 37.7 Å². The number of hydrogen-bond donors (Lipinski definition) is 3. The van der Waals surface area contributed by atoms with Crippen molar-refractivity contribution in [1.29, 1.82) is 0 Å². The molecule has 0 amide bonds. The van der Waals surface area contributed by atoms with Gasteiger partial charge in [0.1, 0.15) is 6.04 Å². The summed E-state index contributed by atoms with van der Waals surface area (Å²) in [6, 6.07) is 15.3. The number of sulfonamides is 1. The summed E-state index contributed by atoms with van der Waals surface area (Å²) in [6.07, 6.45) is 3.55. The Labute approximate surface area is 173 Å². The molecular formula is C23H20N2O4S. The van der Waals surface area contributed by atoms with Crippen molar-refractivity contribution in [3.8, 4) is 0 Å². The topological polar surface area (TPSA) is 99.3 Å². The van der Waals surface area contributed by atoms with E-state index in [1.165, 1.54) is 0 Å². The summed E-state index contributed by atoms with van der Waals surface area (Å²) in [5, 5.41) is 12.2. The van der Waals surface area contributed by atoms with Crippen molar-refractivity contribution in [2.24, 2.45) is 0 Å². The number of aliphatic carboxylic acids is 1. The summed E-state index contributed by atoms with van der Waals surface area (Å²) in [6.45, 7) is 0. The fourth-order valence-corrected chi connectivity index (χ4v) is 5.80. The van der Waals surface area contributed by atoms with E-state index in [0.717, 1.165) is 45.8 Å². The summed E-state index contributed by atoms with van der Waals surface area (Å²) in [5.41, 5.74) is 3.90. The second-order valence-corrected chi connectivity index (χ2v) is 9.32. The first-order valence-corrected chi connectivity index (χ1v) is 11.3. The fourth-order valence-electron chi connectivity index (χ4n) is 4.40. The van der Waals surface area contributed by atoms with Crippen LogP contribution in [0.3, 0.4) is 0 Å². The Morgan fingerprint density at radius 1 is 1.00 bits per heavy atom. The normalized spacial score (nSPS) is 14.4. The van der Waals surface area contributed by atoms with Gasteiger partial charge in [0.05, 0.1) is 4.90 Å². The van der Waals surface area contributed by atoms with Crippen LogP contribution in [0.5, 0.6) is 0 Å². The Bertz CT molecular complexity index is 1400. The first-order chi connectivity index (χ1) is 14.4. The predicted octanol–water partition coefficient (Wildman–Crippen LogP) is 3.39. The van der Waals surface area contributed by atoms with Gasteiger partial charge in [0.2, 0.25) is 10.0 Å². The number of nitrogens with one attached hydrogen (secondary N) is 2. The zero-order valence-electron chi connectivity index (χ0n) is 16.1. The van der Waals surface area contributed by atoms with E-state index in [1.54, 1.807) is 18.3 Å². The van der Waals surface area contributed by atoms with Crippen molar-refractivity contribution in [3.05, 3.63) is 77.5 Å². The Morgan fingerprint density at radius 2 is 1.73 bits per heavy atom. The van der Waals surface area contributed by atoms with E-state index in [4.69, 9.17) is 0 Å². The van der Waals surface area contributed by atoms with Gasteiger partial charge in [-0.15, -0.1) is 0 Å². The standard InChI is InChI=1S/C23H20N2O4S/c26-23(27)20(12-16-13-24-19-7-2-1-5-17(16)19)25-30(28,29)21-11-10-15-9-8-14-4-3-6-18(21)22(14)15/h1-7,10-11,13,20,24-25H,8-9,12H2,(H,26,27)/t20-/m1/s1. The molecule has 0 unspecified atom stereocenters. The molecule has 3 N–H and O–H groups in total. The molecule has 6 nitrogen and oxygen atoms in total. The van der Waals surface area contributed by atoms with Crippen molar-refractivity contribution in [2.75, 3.05) is 0 Å². The lowest BCUT2D eigenvalue weighted by atomic mass is 10.1. The molecular weight excluding hydrogens is 400 g/mol. The van der Waals surface area contributed by atoms with E-state index in [1.807, 2.05) is 42.5 Å². The molecule has 4 aromatic rings. The molecule has 0 radical (unpaired) electrons. The fraction of sp³-hybridized carbons (Fsp3) is 0.174. The molecule has 5 rings (SSSR count). The third-order valence-electron chi connectivity index (χ3n) is 5.82. The number of carboxylic acid groups (broad SMARTS) is 1. The Hall–Kier alpha value is -3.16. The zero-order valence-corrected chi connectivity index (χ0v) is 16.9. The number of benzene rings is 3. The monoisotopic (exact) mass is 420 g/mol. The quantitative estimate of drug-likeness (QED) is 0.445. The van der Waals surface area contributed by atoms with Gasteiger partial charge in [-0.25, -0.2) is 8.42 Å². The molecule has 0 fully saturated rings. The van der Waals surface area contributed by atoms with Crippen LogP contribution in [0.2, 0.25) is 0 Å². The number of carbonyl (C=O) groups is 1. The predicted molar refractivity (Wildman–Crippen MR) is 115 cm³/mol. The highest BCUT2D eigenvalue weighted by Gasteiger charge is 2.29. The van der Waals surface area contributed by atoms with Crippen molar-refractivity contribution < 1.29 is 18.3 Å². The average molecular weight is 420 g/mol. The molecule has 3 aromatic carbocycles. The van der Waals surface area contributed by atoms with Gasteiger partial charge in [0, 0.05) is 28.9 Å².